The number of rotatable bonds is 5. The van der Waals surface area contributed by atoms with Crippen LogP contribution in [0.1, 0.15) is 42.4 Å². The zero-order valence-corrected chi connectivity index (χ0v) is 17.6. The monoisotopic (exact) mass is 429 g/mol. The molecule has 7 heteroatoms. The second kappa shape index (κ2) is 8.79. The van der Waals surface area contributed by atoms with E-state index in [0.717, 1.165) is 18.2 Å². The Bertz CT molecular complexity index is 1120. The van der Waals surface area contributed by atoms with E-state index in [1.165, 1.54) is 31.4 Å². The van der Waals surface area contributed by atoms with Crippen LogP contribution in [0.2, 0.25) is 0 Å². The maximum Gasteiger partial charge on any atom is 0.340 e. The highest BCUT2D eigenvalue weighted by Gasteiger charge is 2.23. The van der Waals surface area contributed by atoms with Gasteiger partial charge in [-0.25, -0.2) is 18.0 Å². The highest BCUT2D eigenvalue weighted by atomic mass is 19.1. The zero-order valence-electron chi connectivity index (χ0n) is 17.6. The summed E-state index contributed by atoms with van der Waals surface area (Å²) in [6.07, 6.45) is -0.183. The first-order chi connectivity index (χ1) is 14.6. The molecular formula is C24H22F3NO3. The Labute approximate surface area is 178 Å². The fourth-order valence-electron chi connectivity index (χ4n) is 3.03. The molecule has 0 unspecified atom stereocenters. The van der Waals surface area contributed by atoms with Crippen LogP contribution in [0.4, 0.5) is 13.2 Å². The van der Waals surface area contributed by atoms with Crippen molar-refractivity contribution in [3.8, 4) is 17.0 Å². The summed E-state index contributed by atoms with van der Waals surface area (Å²) in [5, 5.41) is 0. The van der Waals surface area contributed by atoms with E-state index in [1.807, 2.05) is 0 Å². The molecule has 0 saturated carbocycles. The molecule has 0 atom stereocenters. The summed E-state index contributed by atoms with van der Waals surface area (Å²) >= 11 is 0. The van der Waals surface area contributed by atoms with Crippen molar-refractivity contribution in [2.75, 3.05) is 7.11 Å². The van der Waals surface area contributed by atoms with Gasteiger partial charge in [-0.1, -0.05) is 6.07 Å². The number of esters is 1. The van der Waals surface area contributed by atoms with E-state index in [-0.39, 0.29) is 40.2 Å². The van der Waals surface area contributed by atoms with Gasteiger partial charge < -0.3 is 9.47 Å². The summed E-state index contributed by atoms with van der Waals surface area (Å²) in [5.74, 6) is -2.51. The average molecular weight is 429 g/mol. The fraction of sp³-hybridized carbons (Fsp3) is 0.250. The molecule has 0 amide bonds. The average Bonchev–Trinajstić information content (AvgIpc) is 2.69. The quantitative estimate of drug-likeness (QED) is 0.487. The van der Waals surface area contributed by atoms with Gasteiger partial charge in [0.05, 0.1) is 24.1 Å². The van der Waals surface area contributed by atoms with Gasteiger partial charge in [-0.3, -0.25) is 4.98 Å². The minimum absolute atomic E-state index is 0.0144. The first-order valence-electron chi connectivity index (χ1n) is 9.59. The molecule has 3 aromatic rings. The Morgan fingerprint density at radius 2 is 1.77 bits per heavy atom. The molecule has 0 aliphatic heterocycles. The Kier molecular flexibility index (Phi) is 6.34. The van der Waals surface area contributed by atoms with Gasteiger partial charge in [0.25, 0.3) is 0 Å². The van der Waals surface area contributed by atoms with Crippen molar-refractivity contribution in [2.24, 2.45) is 0 Å². The van der Waals surface area contributed by atoms with E-state index >= 15 is 0 Å². The normalized spacial score (nSPS) is 11.3. The number of hydrogen-bond donors (Lipinski definition) is 0. The second-order valence-corrected chi connectivity index (χ2v) is 7.93. The van der Waals surface area contributed by atoms with Crippen LogP contribution in [-0.2, 0) is 11.2 Å². The Hall–Kier alpha value is -3.35. The third-order valence-corrected chi connectivity index (χ3v) is 4.42. The molecule has 3 rings (SSSR count). The number of ether oxygens (including phenoxy) is 2. The van der Waals surface area contributed by atoms with Gasteiger partial charge in [0.15, 0.2) is 11.6 Å². The predicted octanol–water partition coefficient (Wildman–Crippen LogP) is 5.72. The number of methoxy groups -OCH3 is 1. The lowest BCUT2D eigenvalue weighted by molar-refractivity contribution is 0.00679. The smallest absolute Gasteiger partial charge is 0.340 e. The van der Waals surface area contributed by atoms with Gasteiger partial charge in [0, 0.05) is 12.0 Å². The predicted molar refractivity (Wildman–Crippen MR) is 111 cm³/mol. The van der Waals surface area contributed by atoms with E-state index in [9.17, 15) is 18.0 Å². The number of aromatic nitrogens is 1. The number of carbonyl (C=O) groups is 1. The summed E-state index contributed by atoms with van der Waals surface area (Å²) < 4.78 is 53.1. The number of halogens is 3. The van der Waals surface area contributed by atoms with Gasteiger partial charge in [0.1, 0.15) is 17.2 Å². The molecule has 1 aromatic heterocycles. The third kappa shape index (κ3) is 5.23. The zero-order chi connectivity index (χ0) is 22.8. The summed E-state index contributed by atoms with van der Waals surface area (Å²) in [6, 6.07) is 10.6. The highest BCUT2D eigenvalue weighted by Crippen LogP contribution is 2.29. The molecule has 4 nitrogen and oxygen atoms in total. The summed E-state index contributed by atoms with van der Waals surface area (Å²) in [4.78, 5) is 17.1. The van der Waals surface area contributed by atoms with Crippen LogP contribution in [0.15, 0.2) is 48.5 Å². The van der Waals surface area contributed by atoms with E-state index in [4.69, 9.17) is 9.47 Å². The SMILES string of the molecule is COc1cccc(-c2ccc(C(=O)OC(C)(C)C)c(Cc3cc(F)ccc3F)n2)c1F. The maximum atomic E-state index is 14.7. The lowest BCUT2D eigenvalue weighted by Gasteiger charge is -2.20. The van der Waals surface area contributed by atoms with Crippen molar-refractivity contribution in [1.29, 1.82) is 0 Å². The highest BCUT2D eigenvalue weighted by molar-refractivity contribution is 5.91. The van der Waals surface area contributed by atoms with Gasteiger partial charge in [-0.2, -0.15) is 0 Å². The first-order valence-corrected chi connectivity index (χ1v) is 9.59. The van der Waals surface area contributed by atoms with Crippen molar-refractivity contribution >= 4 is 5.97 Å². The minimum Gasteiger partial charge on any atom is -0.494 e. The van der Waals surface area contributed by atoms with Crippen molar-refractivity contribution < 1.29 is 27.4 Å². The summed E-state index contributed by atoms with van der Waals surface area (Å²) in [7, 11) is 1.35. The van der Waals surface area contributed by atoms with Crippen LogP contribution in [0.3, 0.4) is 0 Å². The Morgan fingerprint density at radius 3 is 2.45 bits per heavy atom. The third-order valence-electron chi connectivity index (χ3n) is 4.42. The van der Waals surface area contributed by atoms with Gasteiger partial charge >= 0.3 is 5.97 Å². The van der Waals surface area contributed by atoms with Crippen LogP contribution < -0.4 is 4.74 Å². The number of nitrogens with zero attached hydrogens (tertiary/aromatic N) is 1. The Balaban J connectivity index is 2.12. The van der Waals surface area contributed by atoms with Crippen LogP contribution in [-0.4, -0.2) is 23.7 Å². The van der Waals surface area contributed by atoms with Gasteiger partial charge in [-0.15, -0.1) is 0 Å². The molecule has 0 N–H and O–H groups in total. The van der Waals surface area contributed by atoms with Crippen LogP contribution in [0, 0.1) is 17.5 Å². The van der Waals surface area contributed by atoms with Crippen LogP contribution >= 0.6 is 0 Å². The van der Waals surface area contributed by atoms with Crippen molar-refractivity contribution in [2.45, 2.75) is 32.8 Å². The molecular weight excluding hydrogens is 407 g/mol. The molecule has 2 aromatic carbocycles. The van der Waals surface area contributed by atoms with Crippen LogP contribution in [0.5, 0.6) is 5.75 Å². The van der Waals surface area contributed by atoms with Gasteiger partial charge in [-0.05, 0) is 68.8 Å². The van der Waals surface area contributed by atoms with Crippen molar-refractivity contribution in [3.63, 3.8) is 0 Å². The fourth-order valence-corrected chi connectivity index (χ4v) is 3.03. The second-order valence-electron chi connectivity index (χ2n) is 7.93. The lowest BCUT2D eigenvalue weighted by Crippen LogP contribution is -2.25. The maximum absolute atomic E-state index is 14.7. The van der Waals surface area contributed by atoms with Gasteiger partial charge in [0.2, 0.25) is 0 Å². The molecule has 0 radical (unpaired) electrons. The van der Waals surface area contributed by atoms with E-state index in [1.54, 1.807) is 26.8 Å². The van der Waals surface area contributed by atoms with E-state index in [2.05, 4.69) is 4.98 Å². The Morgan fingerprint density at radius 1 is 1.03 bits per heavy atom. The number of hydrogen-bond acceptors (Lipinski definition) is 4. The van der Waals surface area contributed by atoms with Crippen molar-refractivity contribution in [3.05, 3.63) is 82.8 Å². The molecule has 0 saturated heterocycles. The number of pyridine rings is 1. The molecule has 0 fully saturated rings. The largest absolute Gasteiger partial charge is 0.494 e. The standard InChI is InChI=1S/C24H22F3NO3/c1-24(2,3)31-23(29)17-9-11-19(16-6-5-7-21(30-4)22(16)27)28-20(17)13-14-12-15(25)8-10-18(14)26/h5-12H,13H2,1-4H3. The molecule has 0 spiro atoms. The summed E-state index contributed by atoms with van der Waals surface area (Å²) in [5.41, 5.74) is -0.160. The molecule has 0 aliphatic rings. The molecule has 0 aliphatic carbocycles. The molecule has 162 valence electrons. The van der Waals surface area contributed by atoms with E-state index in [0.29, 0.717) is 0 Å². The molecule has 0 bridgehead atoms. The number of carbonyl (C=O) groups excluding carboxylic acids is 1. The van der Waals surface area contributed by atoms with E-state index < -0.39 is 29.0 Å². The van der Waals surface area contributed by atoms with Crippen molar-refractivity contribution in [1.82, 2.24) is 4.98 Å². The lowest BCUT2D eigenvalue weighted by atomic mass is 10.0. The van der Waals surface area contributed by atoms with Crippen LogP contribution in [0.25, 0.3) is 11.3 Å². The number of benzene rings is 2. The topological polar surface area (TPSA) is 48.4 Å². The first kappa shape index (κ1) is 22.3. The molecule has 1 heterocycles. The minimum atomic E-state index is -0.768. The summed E-state index contributed by atoms with van der Waals surface area (Å²) in [6.45, 7) is 5.14. The molecule has 31 heavy (non-hydrogen) atoms.